The van der Waals surface area contributed by atoms with Gasteiger partial charge in [0.2, 0.25) is 5.82 Å². The topological polar surface area (TPSA) is 89.7 Å². The van der Waals surface area contributed by atoms with Crippen LogP contribution in [0.15, 0.2) is 24.3 Å². The van der Waals surface area contributed by atoms with Crippen molar-refractivity contribution in [2.24, 2.45) is 5.90 Å². The quantitative estimate of drug-likeness (QED) is 0.700. The van der Waals surface area contributed by atoms with Crippen LogP contribution in [0.4, 0.5) is 0 Å². The molecule has 78 valence electrons. The van der Waals surface area contributed by atoms with Gasteiger partial charge in [-0.25, -0.2) is 5.90 Å². The first kappa shape index (κ1) is 9.75. The van der Waals surface area contributed by atoms with E-state index in [-0.39, 0.29) is 0 Å². The molecule has 0 amide bonds. The molecule has 1 aromatic carbocycles. The van der Waals surface area contributed by atoms with E-state index in [0.717, 1.165) is 17.5 Å². The standard InChI is InChI=1S/C9H11N5O/c10-15-5-4-7-2-1-3-8(6-7)9-11-13-14-12-9/h1-3,6H,4-5,10H2,(H,11,12,13,14). The van der Waals surface area contributed by atoms with Crippen molar-refractivity contribution in [1.82, 2.24) is 20.6 Å². The van der Waals surface area contributed by atoms with Crippen LogP contribution in [0.1, 0.15) is 5.56 Å². The fourth-order valence-electron chi connectivity index (χ4n) is 1.33. The average Bonchev–Trinajstić information content (AvgIpc) is 2.80. The SMILES string of the molecule is NOCCc1cccc(-c2nn[nH]n2)c1. The number of nitrogens with two attached hydrogens (primary N) is 1. The van der Waals surface area contributed by atoms with Crippen molar-refractivity contribution in [3.05, 3.63) is 29.8 Å². The summed E-state index contributed by atoms with van der Waals surface area (Å²) in [4.78, 5) is 4.53. The molecule has 0 aliphatic carbocycles. The summed E-state index contributed by atoms with van der Waals surface area (Å²) in [6.45, 7) is 0.496. The van der Waals surface area contributed by atoms with Gasteiger partial charge in [-0.3, -0.25) is 0 Å². The van der Waals surface area contributed by atoms with E-state index in [1.54, 1.807) is 0 Å². The van der Waals surface area contributed by atoms with E-state index in [1.165, 1.54) is 0 Å². The number of rotatable bonds is 4. The van der Waals surface area contributed by atoms with Crippen LogP contribution >= 0.6 is 0 Å². The summed E-state index contributed by atoms with van der Waals surface area (Å²) < 4.78 is 0. The third-order valence-corrected chi connectivity index (χ3v) is 2.04. The first-order valence-electron chi connectivity index (χ1n) is 4.54. The summed E-state index contributed by atoms with van der Waals surface area (Å²) in [5.74, 6) is 5.56. The second kappa shape index (κ2) is 4.63. The molecule has 0 saturated heterocycles. The van der Waals surface area contributed by atoms with Gasteiger partial charge >= 0.3 is 0 Å². The van der Waals surface area contributed by atoms with E-state index < -0.39 is 0 Å². The number of tetrazole rings is 1. The minimum atomic E-state index is 0.496. The molecular weight excluding hydrogens is 194 g/mol. The molecule has 0 spiro atoms. The molecule has 0 unspecified atom stereocenters. The molecule has 0 atom stereocenters. The largest absolute Gasteiger partial charge is 0.304 e. The fourth-order valence-corrected chi connectivity index (χ4v) is 1.33. The van der Waals surface area contributed by atoms with Gasteiger partial charge in [-0.05, 0) is 23.3 Å². The summed E-state index contributed by atoms with van der Waals surface area (Å²) in [6, 6.07) is 7.86. The van der Waals surface area contributed by atoms with Crippen LogP contribution in [-0.4, -0.2) is 27.2 Å². The van der Waals surface area contributed by atoms with E-state index in [9.17, 15) is 0 Å². The van der Waals surface area contributed by atoms with E-state index in [0.29, 0.717) is 12.4 Å². The maximum atomic E-state index is 4.97. The highest BCUT2D eigenvalue weighted by Gasteiger charge is 2.03. The van der Waals surface area contributed by atoms with Crippen molar-refractivity contribution in [2.45, 2.75) is 6.42 Å². The van der Waals surface area contributed by atoms with Crippen LogP contribution in [0.3, 0.4) is 0 Å². The lowest BCUT2D eigenvalue weighted by atomic mass is 10.1. The first-order valence-corrected chi connectivity index (χ1v) is 4.54. The Morgan fingerprint density at radius 1 is 1.40 bits per heavy atom. The maximum Gasteiger partial charge on any atom is 0.204 e. The first-order chi connectivity index (χ1) is 7.40. The molecule has 1 aromatic heterocycles. The van der Waals surface area contributed by atoms with Crippen LogP contribution in [0, 0.1) is 0 Å². The maximum absolute atomic E-state index is 4.97. The molecule has 0 radical (unpaired) electrons. The van der Waals surface area contributed by atoms with Gasteiger partial charge in [0.25, 0.3) is 0 Å². The Bertz CT molecular complexity index is 414. The molecule has 2 rings (SSSR count). The van der Waals surface area contributed by atoms with Crippen LogP contribution in [0.5, 0.6) is 0 Å². The van der Waals surface area contributed by atoms with Crippen molar-refractivity contribution in [2.75, 3.05) is 6.61 Å². The zero-order valence-corrected chi connectivity index (χ0v) is 8.05. The molecule has 6 nitrogen and oxygen atoms in total. The van der Waals surface area contributed by atoms with Gasteiger partial charge in [-0.1, -0.05) is 18.2 Å². The highest BCUT2D eigenvalue weighted by Crippen LogP contribution is 2.15. The lowest BCUT2D eigenvalue weighted by Gasteiger charge is -2.01. The van der Waals surface area contributed by atoms with Crippen molar-refractivity contribution in [3.63, 3.8) is 0 Å². The third kappa shape index (κ3) is 2.36. The molecule has 1 heterocycles. The Labute approximate surface area is 86.4 Å². The summed E-state index contributed by atoms with van der Waals surface area (Å²) in [5.41, 5.74) is 2.06. The third-order valence-electron chi connectivity index (χ3n) is 2.04. The lowest BCUT2D eigenvalue weighted by molar-refractivity contribution is 0.141. The Morgan fingerprint density at radius 3 is 3.07 bits per heavy atom. The van der Waals surface area contributed by atoms with Gasteiger partial charge in [-0.15, -0.1) is 10.2 Å². The van der Waals surface area contributed by atoms with Crippen LogP contribution in [0.2, 0.25) is 0 Å². The number of benzene rings is 1. The summed E-state index contributed by atoms with van der Waals surface area (Å²) in [7, 11) is 0. The number of hydrogen-bond donors (Lipinski definition) is 2. The van der Waals surface area contributed by atoms with Crippen molar-refractivity contribution >= 4 is 0 Å². The number of nitrogens with one attached hydrogen (secondary N) is 1. The number of nitrogens with zero attached hydrogens (tertiary/aromatic N) is 3. The Balaban J connectivity index is 2.19. The Kier molecular flexibility index (Phi) is 3.01. The molecule has 0 saturated carbocycles. The van der Waals surface area contributed by atoms with Crippen LogP contribution < -0.4 is 5.90 Å². The van der Waals surface area contributed by atoms with E-state index in [2.05, 4.69) is 25.5 Å². The summed E-state index contributed by atoms with van der Waals surface area (Å²) in [6.07, 6.45) is 0.766. The fraction of sp³-hybridized carbons (Fsp3) is 0.222. The zero-order valence-electron chi connectivity index (χ0n) is 8.05. The van der Waals surface area contributed by atoms with E-state index in [4.69, 9.17) is 5.90 Å². The van der Waals surface area contributed by atoms with E-state index >= 15 is 0 Å². The lowest BCUT2D eigenvalue weighted by Crippen LogP contribution is -2.03. The van der Waals surface area contributed by atoms with E-state index in [1.807, 2.05) is 24.3 Å². The van der Waals surface area contributed by atoms with Crippen molar-refractivity contribution in [3.8, 4) is 11.4 Å². The summed E-state index contributed by atoms with van der Waals surface area (Å²) in [5, 5.41) is 13.7. The molecule has 6 heteroatoms. The molecule has 0 bridgehead atoms. The molecule has 15 heavy (non-hydrogen) atoms. The Hall–Kier alpha value is -1.79. The molecule has 0 fully saturated rings. The van der Waals surface area contributed by atoms with Gasteiger partial charge < -0.3 is 4.84 Å². The Morgan fingerprint density at radius 2 is 2.33 bits per heavy atom. The van der Waals surface area contributed by atoms with Crippen LogP contribution in [0.25, 0.3) is 11.4 Å². The predicted molar refractivity (Wildman–Crippen MR) is 53.5 cm³/mol. The minimum Gasteiger partial charge on any atom is -0.304 e. The number of hydrogen-bond acceptors (Lipinski definition) is 5. The molecule has 0 aliphatic heterocycles. The van der Waals surface area contributed by atoms with Gasteiger partial charge in [0, 0.05) is 5.56 Å². The number of H-pyrrole nitrogens is 1. The van der Waals surface area contributed by atoms with Gasteiger partial charge in [0.1, 0.15) is 0 Å². The molecular formula is C9H11N5O. The van der Waals surface area contributed by atoms with Crippen molar-refractivity contribution in [1.29, 1.82) is 0 Å². The monoisotopic (exact) mass is 205 g/mol. The van der Waals surface area contributed by atoms with Crippen molar-refractivity contribution < 1.29 is 4.84 Å². The number of aromatic nitrogens is 4. The predicted octanol–water partition coefficient (Wildman–Crippen LogP) is 0.299. The second-order valence-corrected chi connectivity index (χ2v) is 3.06. The second-order valence-electron chi connectivity index (χ2n) is 3.06. The highest BCUT2D eigenvalue weighted by atomic mass is 16.6. The smallest absolute Gasteiger partial charge is 0.204 e. The van der Waals surface area contributed by atoms with Gasteiger partial charge in [0.05, 0.1) is 6.61 Å². The molecule has 3 N–H and O–H groups in total. The van der Waals surface area contributed by atoms with Gasteiger partial charge in [0.15, 0.2) is 0 Å². The van der Waals surface area contributed by atoms with Gasteiger partial charge in [-0.2, -0.15) is 5.21 Å². The zero-order chi connectivity index (χ0) is 10.5. The average molecular weight is 205 g/mol. The number of aromatic amines is 1. The molecule has 2 aromatic rings. The summed E-state index contributed by atoms with van der Waals surface area (Å²) >= 11 is 0. The molecule has 0 aliphatic rings. The minimum absolute atomic E-state index is 0.496. The normalized spacial score (nSPS) is 10.5. The highest BCUT2D eigenvalue weighted by molar-refractivity contribution is 5.54. The van der Waals surface area contributed by atoms with Crippen LogP contribution in [-0.2, 0) is 11.3 Å².